The number of aryl methyl sites for hydroxylation is 1. The molecule has 0 saturated heterocycles. The molecule has 0 spiro atoms. The molecule has 1 aromatic carbocycles. The summed E-state index contributed by atoms with van der Waals surface area (Å²) in [6.07, 6.45) is 0. The number of H-pyrrole nitrogens is 1. The van der Waals surface area contributed by atoms with Crippen molar-refractivity contribution in [2.24, 2.45) is 0 Å². The van der Waals surface area contributed by atoms with Crippen molar-refractivity contribution in [1.29, 1.82) is 0 Å². The predicted octanol–water partition coefficient (Wildman–Crippen LogP) is 2.05. The Hall–Kier alpha value is -1.98. The molecule has 0 bridgehead atoms. The van der Waals surface area contributed by atoms with Gasteiger partial charge in [-0.25, -0.2) is 4.79 Å². The number of hydrogen-bond donors (Lipinski definition) is 2. The lowest BCUT2D eigenvalue weighted by Gasteiger charge is -2.10. The topological polar surface area (TPSA) is 66.0 Å². The summed E-state index contributed by atoms with van der Waals surface area (Å²) >= 11 is 0. The second-order valence-electron chi connectivity index (χ2n) is 3.46. The van der Waals surface area contributed by atoms with Crippen LogP contribution in [0.25, 0.3) is 10.9 Å². The fourth-order valence-corrected chi connectivity index (χ4v) is 1.46. The zero-order valence-corrected chi connectivity index (χ0v) is 8.29. The van der Waals surface area contributed by atoms with Gasteiger partial charge < -0.3 is 5.11 Å². The first-order valence-electron chi connectivity index (χ1n) is 4.49. The molecule has 0 aliphatic heterocycles. The molecule has 2 rings (SSSR count). The Bertz CT molecular complexity index is 563. The van der Waals surface area contributed by atoms with Gasteiger partial charge in [0.25, 0.3) is 0 Å². The number of benzene rings is 1. The molecule has 6 heteroatoms. The highest BCUT2D eigenvalue weighted by molar-refractivity contribution is 5.84. The van der Waals surface area contributed by atoms with Gasteiger partial charge in [-0.3, -0.25) is 5.10 Å². The summed E-state index contributed by atoms with van der Waals surface area (Å²) in [7, 11) is 0. The number of rotatable bonds is 2. The lowest BCUT2D eigenvalue weighted by Crippen LogP contribution is -2.25. The van der Waals surface area contributed by atoms with Crippen LogP contribution in [0.2, 0.25) is 0 Å². The Morgan fingerprint density at radius 2 is 2.19 bits per heavy atom. The van der Waals surface area contributed by atoms with E-state index in [1.54, 1.807) is 6.92 Å². The van der Waals surface area contributed by atoms with Crippen LogP contribution >= 0.6 is 0 Å². The molecule has 0 unspecified atom stereocenters. The molecule has 84 valence electrons. The second-order valence-corrected chi connectivity index (χ2v) is 3.46. The molecule has 4 nitrogen and oxygen atoms in total. The molecular formula is C10H8F2N2O2. The van der Waals surface area contributed by atoms with E-state index in [1.165, 1.54) is 6.07 Å². The second kappa shape index (κ2) is 3.26. The number of hydrogen-bond acceptors (Lipinski definition) is 2. The minimum absolute atomic E-state index is 0.330. The fourth-order valence-electron chi connectivity index (χ4n) is 1.46. The lowest BCUT2D eigenvalue weighted by molar-refractivity contribution is -0.166. The number of alkyl halides is 2. The van der Waals surface area contributed by atoms with Gasteiger partial charge in [-0.2, -0.15) is 13.9 Å². The van der Waals surface area contributed by atoms with Crippen LogP contribution in [0.5, 0.6) is 0 Å². The van der Waals surface area contributed by atoms with Crippen molar-refractivity contribution in [3.05, 3.63) is 29.5 Å². The van der Waals surface area contributed by atoms with Gasteiger partial charge in [-0.1, -0.05) is 12.1 Å². The molecule has 0 fully saturated rings. The number of aromatic amines is 1. The van der Waals surface area contributed by atoms with Crippen LogP contribution in [0.4, 0.5) is 8.78 Å². The largest absolute Gasteiger partial charge is 0.477 e. The van der Waals surface area contributed by atoms with Gasteiger partial charge in [-0.15, -0.1) is 0 Å². The van der Waals surface area contributed by atoms with Crippen LogP contribution in [-0.2, 0) is 10.7 Å². The van der Waals surface area contributed by atoms with E-state index in [0.717, 1.165) is 17.8 Å². The van der Waals surface area contributed by atoms with Gasteiger partial charge in [0, 0.05) is 16.6 Å². The van der Waals surface area contributed by atoms with E-state index < -0.39 is 17.5 Å². The number of halogens is 2. The molecule has 16 heavy (non-hydrogen) atoms. The van der Waals surface area contributed by atoms with Crippen molar-refractivity contribution in [2.45, 2.75) is 12.8 Å². The molecule has 1 aromatic heterocycles. The highest BCUT2D eigenvalue weighted by atomic mass is 19.3. The van der Waals surface area contributed by atoms with Crippen molar-refractivity contribution in [1.82, 2.24) is 10.2 Å². The van der Waals surface area contributed by atoms with Gasteiger partial charge in [0.05, 0.1) is 5.52 Å². The number of carbonyl (C=O) groups is 1. The monoisotopic (exact) mass is 226 g/mol. The average molecular weight is 226 g/mol. The molecular weight excluding hydrogens is 218 g/mol. The summed E-state index contributed by atoms with van der Waals surface area (Å²) in [5.74, 6) is -6.06. The number of aromatic nitrogens is 2. The first kappa shape index (κ1) is 10.5. The standard InChI is InChI=1S/C10H8F2N2O2/c1-5-7-3-2-6(4-8(7)14-13-5)10(11,12)9(15)16/h2-4H,1H3,(H,13,14)(H,15,16). The molecule has 0 aliphatic rings. The lowest BCUT2D eigenvalue weighted by atomic mass is 10.1. The van der Waals surface area contributed by atoms with Crippen molar-refractivity contribution in [3.63, 3.8) is 0 Å². The third-order valence-corrected chi connectivity index (χ3v) is 2.38. The highest BCUT2D eigenvalue weighted by Gasteiger charge is 2.41. The number of carboxylic acid groups (broad SMARTS) is 1. The first-order valence-corrected chi connectivity index (χ1v) is 4.49. The van der Waals surface area contributed by atoms with Crippen molar-refractivity contribution < 1.29 is 18.7 Å². The Labute approximate surface area is 88.9 Å². The third-order valence-electron chi connectivity index (χ3n) is 2.38. The number of aliphatic carboxylic acids is 1. The van der Waals surface area contributed by atoms with Gasteiger partial charge in [0.2, 0.25) is 0 Å². The predicted molar refractivity (Wildman–Crippen MR) is 52.4 cm³/mol. The first-order chi connectivity index (χ1) is 7.43. The molecule has 1 heterocycles. The van der Waals surface area contributed by atoms with Crippen LogP contribution < -0.4 is 0 Å². The van der Waals surface area contributed by atoms with E-state index in [1.807, 2.05) is 0 Å². The molecule has 0 amide bonds. The normalized spacial score (nSPS) is 11.9. The zero-order chi connectivity index (χ0) is 11.9. The van der Waals surface area contributed by atoms with E-state index in [-0.39, 0.29) is 0 Å². The van der Waals surface area contributed by atoms with Gasteiger partial charge in [0.15, 0.2) is 0 Å². The summed E-state index contributed by atoms with van der Waals surface area (Å²) in [6, 6.07) is 3.60. The van der Waals surface area contributed by atoms with Crippen molar-refractivity contribution in [2.75, 3.05) is 0 Å². The van der Waals surface area contributed by atoms with Gasteiger partial charge in [-0.05, 0) is 13.0 Å². The summed E-state index contributed by atoms with van der Waals surface area (Å²) in [5, 5.41) is 15.5. The average Bonchev–Trinajstić information content (AvgIpc) is 2.60. The maximum atomic E-state index is 13.2. The van der Waals surface area contributed by atoms with E-state index in [9.17, 15) is 13.6 Å². The highest BCUT2D eigenvalue weighted by Crippen LogP contribution is 2.30. The third kappa shape index (κ3) is 1.42. The molecule has 2 aromatic rings. The Kier molecular flexibility index (Phi) is 2.15. The summed E-state index contributed by atoms with van der Waals surface area (Å²) in [4.78, 5) is 10.4. The molecule has 0 aliphatic carbocycles. The molecule has 2 N–H and O–H groups in total. The minimum Gasteiger partial charge on any atom is -0.477 e. The van der Waals surface area contributed by atoms with E-state index in [4.69, 9.17) is 5.11 Å². The van der Waals surface area contributed by atoms with Crippen molar-refractivity contribution in [3.8, 4) is 0 Å². The zero-order valence-electron chi connectivity index (χ0n) is 8.29. The Balaban J connectivity index is 2.59. The molecule has 0 radical (unpaired) electrons. The Morgan fingerprint density at radius 3 is 2.81 bits per heavy atom. The van der Waals surface area contributed by atoms with Crippen LogP contribution in [-0.4, -0.2) is 21.3 Å². The molecule has 0 saturated carbocycles. The van der Waals surface area contributed by atoms with Gasteiger partial charge >= 0.3 is 11.9 Å². The number of nitrogens with one attached hydrogen (secondary N) is 1. The van der Waals surface area contributed by atoms with E-state index >= 15 is 0 Å². The van der Waals surface area contributed by atoms with Crippen LogP contribution in [0.1, 0.15) is 11.3 Å². The molecule has 0 atom stereocenters. The number of fused-ring (bicyclic) bond motifs is 1. The van der Waals surface area contributed by atoms with Gasteiger partial charge in [0.1, 0.15) is 0 Å². The maximum Gasteiger partial charge on any atom is 0.379 e. The van der Waals surface area contributed by atoms with Crippen LogP contribution in [0.3, 0.4) is 0 Å². The van der Waals surface area contributed by atoms with Crippen LogP contribution in [0.15, 0.2) is 18.2 Å². The number of carboxylic acids is 1. The fraction of sp³-hybridized carbons (Fsp3) is 0.200. The van der Waals surface area contributed by atoms with E-state index in [0.29, 0.717) is 10.9 Å². The summed E-state index contributed by atoms with van der Waals surface area (Å²) in [5.41, 5.74) is 0.509. The SMILES string of the molecule is Cc1[nH]nc2cc(C(F)(F)C(=O)O)ccc12. The quantitative estimate of drug-likeness (QED) is 0.823. The Morgan fingerprint density at radius 1 is 1.50 bits per heavy atom. The van der Waals surface area contributed by atoms with E-state index in [2.05, 4.69) is 10.2 Å². The maximum absolute atomic E-state index is 13.2. The minimum atomic E-state index is -3.89. The summed E-state index contributed by atoms with van der Waals surface area (Å²) < 4.78 is 26.4. The summed E-state index contributed by atoms with van der Waals surface area (Å²) in [6.45, 7) is 1.75. The smallest absolute Gasteiger partial charge is 0.379 e. The van der Waals surface area contributed by atoms with Crippen molar-refractivity contribution >= 4 is 16.9 Å². The van der Waals surface area contributed by atoms with Crippen LogP contribution in [0, 0.1) is 6.92 Å². The number of nitrogens with zero attached hydrogens (tertiary/aromatic N) is 1.